The Balaban J connectivity index is 3.35. The Bertz CT molecular complexity index is 882. The molecule has 0 rings (SSSR count). The van der Waals surface area contributed by atoms with Crippen LogP contribution in [-0.4, -0.2) is 47.4 Å². The van der Waals surface area contributed by atoms with Crippen molar-refractivity contribution < 1.29 is 24.5 Å². The topological polar surface area (TPSA) is 95.9 Å². The predicted octanol–water partition coefficient (Wildman–Crippen LogP) is 17.1. The molecule has 0 saturated carbocycles. The maximum Gasteiger partial charge on any atom is 0.305 e. The second-order valence-electron chi connectivity index (χ2n) is 19.6. The summed E-state index contributed by atoms with van der Waals surface area (Å²) in [6, 6.07) is -0.540. The summed E-state index contributed by atoms with van der Waals surface area (Å²) in [6.45, 7) is 4.95. The van der Waals surface area contributed by atoms with Crippen LogP contribution in [0.15, 0.2) is 0 Å². The second kappa shape index (κ2) is 52.5. The Labute approximate surface area is 387 Å². The summed E-state index contributed by atoms with van der Waals surface area (Å²) >= 11 is 0. The summed E-state index contributed by atoms with van der Waals surface area (Å²) in [5, 5.41) is 23.1. The first kappa shape index (κ1) is 60.9. The Hall–Kier alpha value is -1.14. The van der Waals surface area contributed by atoms with Crippen LogP contribution in [0.4, 0.5) is 0 Å². The summed E-state index contributed by atoms with van der Waals surface area (Å²) in [5.41, 5.74) is 0. The highest BCUT2D eigenvalue weighted by Crippen LogP contribution is 2.18. The molecular formula is C56H111NO5. The number of unbranched alkanes of at least 4 members (excludes halogenated alkanes) is 42. The van der Waals surface area contributed by atoms with Crippen LogP contribution in [0.3, 0.4) is 0 Å². The number of aliphatic hydroxyl groups excluding tert-OH is 2. The Kier molecular flexibility index (Phi) is 51.5. The molecule has 0 aromatic heterocycles. The maximum atomic E-state index is 12.4. The number of aliphatic hydroxyl groups is 2. The smallest absolute Gasteiger partial charge is 0.305 e. The first-order valence-corrected chi connectivity index (χ1v) is 28.3. The molecule has 6 heteroatoms. The lowest BCUT2D eigenvalue weighted by molar-refractivity contribution is -0.143. The quantitative estimate of drug-likeness (QED) is 0.0418. The SMILES string of the molecule is CCCCCCCCCCCCCCCCCCC(=O)OCCCCCCCCCCCCCCCCCCCCCC(=O)NC(CO)C(O)CCCCCCCCCCCC. The number of nitrogens with one attached hydrogen (secondary N) is 1. The number of rotatable bonds is 53. The van der Waals surface area contributed by atoms with E-state index in [4.69, 9.17) is 4.74 Å². The molecule has 6 nitrogen and oxygen atoms in total. The zero-order valence-corrected chi connectivity index (χ0v) is 42.1. The molecule has 62 heavy (non-hydrogen) atoms. The lowest BCUT2D eigenvalue weighted by Gasteiger charge is -2.22. The van der Waals surface area contributed by atoms with E-state index in [2.05, 4.69) is 19.2 Å². The number of carbonyl (C=O) groups excluding carboxylic acids is 2. The van der Waals surface area contributed by atoms with E-state index in [0.717, 1.165) is 38.5 Å². The molecular weight excluding hydrogens is 767 g/mol. The van der Waals surface area contributed by atoms with Crippen LogP contribution in [0.25, 0.3) is 0 Å². The highest BCUT2D eigenvalue weighted by molar-refractivity contribution is 5.76. The molecule has 2 atom stereocenters. The number of amides is 1. The van der Waals surface area contributed by atoms with Crippen LogP contribution >= 0.6 is 0 Å². The van der Waals surface area contributed by atoms with Gasteiger partial charge < -0.3 is 20.3 Å². The van der Waals surface area contributed by atoms with Crippen molar-refractivity contribution in [2.45, 2.75) is 334 Å². The first-order chi connectivity index (χ1) is 30.5. The average Bonchev–Trinajstić information content (AvgIpc) is 3.27. The van der Waals surface area contributed by atoms with Gasteiger partial charge in [0, 0.05) is 12.8 Å². The minimum absolute atomic E-state index is 0.0131. The average molecular weight is 879 g/mol. The number of carbonyl (C=O) groups is 2. The van der Waals surface area contributed by atoms with Gasteiger partial charge in [0.15, 0.2) is 0 Å². The minimum atomic E-state index is -0.663. The second-order valence-corrected chi connectivity index (χ2v) is 19.6. The van der Waals surface area contributed by atoms with Crippen molar-refractivity contribution in [1.82, 2.24) is 5.32 Å². The normalized spacial score (nSPS) is 12.5. The fraction of sp³-hybridized carbons (Fsp3) is 0.964. The lowest BCUT2D eigenvalue weighted by Crippen LogP contribution is -2.45. The molecule has 0 aliphatic heterocycles. The van der Waals surface area contributed by atoms with Crippen molar-refractivity contribution in [1.29, 1.82) is 0 Å². The molecule has 0 aromatic carbocycles. The third-order valence-electron chi connectivity index (χ3n) is 13.4. The molecule has 2 unspecified atom stereocenters. The standard InChI is InChI=1S/C56H111NO5/c1-3-5-7-9-11-13-15-16-17-24-27-30-34-38-42-46-50-56(61)62-51-47-43-39-35-31-28-25-22-20-18-19-21-23-26-29-33-37-41-45-49-55(60)57-53(52-58)54(59)48-44-40-36-32-14-12-10-8-6-4-2/h53-54,58-59H,3-52H2,1-2H3,(H,57,60). The number of esters is 1. The molecule has 0 aliphatic carbocycles. The van der Waals surface area contributed by atoms with E-state index in [0.29, 0.717) is 25.9 Å². The van der Waals surface area contributed by atoms with Gasteiger partial charge in [-0.05, 0) is 25.7 Å². The van der Waals surface area contributed by atoms with Gasteiger partial charge in [-0.15, -0.1) is 0 Å². The maximum absolute atomic E-state index is 12.4. The first-order valence-electron chi connectivity index (χ1n) is 28.3. The third kappa shape index (κ3) is 48.3. The molecule has 0 fully saturated rings. The van der Waals surface area contributed by atoms with Gasteiger partial charge in [0.1, 0.15) is 0 Å². The van der Waals surface area contributed by atoms with E-state index in [1.807, 2.05) is 0 Å². The molecule has 0 aromatic rings. The van der Waals surface area contributed by atoms with Crippen LogP contribution in [0.2, 0.25) is 0 Å². The highest BCUT2D eigenvalue weighted by Gasteiger charge is 2.20. The van der Waals surface area contributed by atoms with Crippen LogP contribution in [0.1, 0.15) is 322 Å². The molecule has 3 N–H and O–H groups in total. The molecule has 370 valence electrons. The molecule has 0 saturated heterocycles. The van der Waals surface area contributed by atoms with Gasteiger partial charge in [-0.1, -0.05) is 284 Å². The van der Waals surface area contributed by atoms with Crippen molar-refractivity contribution in [2.75, 3.05) is 13.2 Å². The fourth-order valence-corrected chi connectivity index (χ4v) is 9.05. The third-order valence-corrected chi connectivity index (χ3v) is 13.4. The highest BCUT2D eigenvalue weighted by atomic mass is 16.5. The van der Waals surface area contributed by atoms with Gasteiger partial charge in [-0.3, -0.25) is 9.59 Å². The number of ether oxygens (including phenoxy) is 1. The zero-order chi connectivity index (χ0) is 45.1. The molecule has 1 amide bonds. The van der Waals surface area contributed by atoms with Crippen LogP contribution < -0.4 is 5.32 Å². The summed E-state index contributed by atoms with van der Waals surface area (Å²) < 4.78 is 5.49. The molecule has 0 radical (unpaired) electrons. The van der Waals surface area contributed by atoms with Gasteiger partial charge in [0.25, 0.3) is 0 Å². The summed E-state index contributed by atoms with van der Waals surface area (Å²) in [7, 11) is 0. The van der Waals surface area contributed by atoms with Crippen molar-refractivity contribution in [3.8, 4) is 0 Å². The summed E-state index contributed by atoms with van der Waals surface area (Å²) in [6.07, 6.45) is 59.5. The van der Waals surface area contributed by atoms with Crippen LogP contribution in [0.5, 0.6) is 0 Å². The Morgan fingerprint density at radius 1 is 0.387 bits per heavy atom. The largest absolute Gasteiger partial charge is 0.466 e. The summed E-state index contributed by atoms with van der Waals surface area (Å²) in [5.74, 6) is -0.0248. The van der Waals surface area contributed by atoms with E-state index >= 15 is 0 Å². The number of hydrogen-bond donors (Lipinski definition) is 3. The van der Waals surface area contributed by atoms with E-state index in [1.54, 1.807) is 0 Å². The lowest BCUT2D eigenvalue weighted by atomic mass is 10.0. The monoisotopic (exact) mass is 878 g/mol. The van der Waals surface area contributed by atoms with Gasteiger partial charge >= 0.3 is 5.97 Å². The van der Waals surface area contributed by atoms with E-state index in [1.165, 1.54) is 250 Å². The molecule has 0 spiro atoms. The molecule has 0 bridgehead atoms. The van der Waals surface area contributed by atoms with E-state index in [-0.39, 0.29) is 18.5 Å². The van der Waals surface area contributed by atoms with E-state index in [9.17, 15) is 19.8 Å². The van der Waals surface area contributed by atoms with Crippen molar-refractivity contribution in [3.63, 3.8) is 0 Å². The van der Waals surface area contributed by atoms with Gasteiger partial charge in [0.05, 0.1) is 25.4 Å². The Morgan fingerprint density at radius 3 is 0.984 bits per heavy atom. The summed E-state index contributed by atoms with van der Waals surface area (Å²) in [4.78, 5) is 24.5. The van der Waals surface area contributed by atoms with E-state index < -0.39 is 12.1 Å². The van der Waals surface area contributed by atoms with Crippen LogP contribution in [-0.2, 0) is 14.3 Å². The van der Waals surface area contributed by atoms with Gasteiger partial charge in [-0.25, -0.2) is 0 Å². The number of hydrogen-bond acceptors (Lipinski definition) is 5. The van der Waals surface area contributed by atoms with Crippen molar-refractivity contribution in [3.05, 3.63) is 0 Å². The Morgan fingerprint density at radius 2 is 0.661 bits per heavy atom. The molecule has 0 heterocycles. The predicted molar refractivity (Wildman–Crippen MR) is 269 cm³/mol. The van der Waals surface area contributed by atoms with Gasteiger partial charge in [0.2, 0.25) is 5.91 Å². The van der Waals surface area contributed by atoms with Gasteiger partial charge in [-0.2, -0.15) is 0 Å². The zero-order valence-electron chi connectivity index (χ0n) is 42.1. The fourth-order valence-electron chi connectivity index (χ4n) is 9.05. The van der Waals surface area contributed by atoms with Crippen molar-refractivity contribution in [2.24, 2.45) is 0 Å². The van der Waals surface area contributed by atoms with Crippen molar-refractivity contribution >= 4 is 11.9 Å². The molecule has 0 aliphatic rings. The van der Waals surface area contributed by atoms with Crippen LogP contribution in [0, 0.1) is 0 Å². The minimum Gasteiger partial charge on any atom is -0.466 e.